The fourth-order valence-electron chi connectivity index (χ4n) is 1.09. The third kappa shape index (κ3) is 2.54. The van der Waals surface area contributed by atoms with Crippen molar-refractivity contribution in [1.82, 2.24) is 0 Å². The minimum atomic E-state index is -1.11. The minimum absolute atomic E-state index is 0.360. The molecule has 1 aromatic rings. The van der Waals surface area contributed by atoms with Crippen molar-refractivity contribution in [3.8, 4) is 0 Å². The Kier molecular flexibility index (Phi) is 3.41. The van der Waals surface area contributed by atoms with Crippen molar-refractivity contribution in [1.29, 1.82) is 0 Å². The molecule has 0 spiro atoms. The number of carboxylic acid groups (broad SMARTS) is 1. The SMILES string of the molecule is COC(=O)c1ccc(C(N)C(=O)O)cc1. The number of hydrogen-bond donors (Lipinski definition) is 2. The highest BCUT2D eigenvalue weighted by atomic mass is 16.5. The number of nitrogens with two attached hydrogens (primary N) is 1. The lowest BCUT2D eigenvalue weighted by molar-refractivity contribution is -0.138. The highest BCUT2D eigenvalue weighted by molar-refractivity contribution is 5.89. The molecule has 0 bridgehead atoms. The number of carbonyl (C=O) groups excluding carboxylic acids is 1. The van der Waals surface area contributed by atoms with Gasteiger partial charge in [0.25, 0.3) is 0 Å². The van der Waals surface area contributed by atoms with Crippen LogP contribution in [0.15, 0.2) is 24.3 Å². The number of aliphatic carboxylic acids is 1. The second kappa shape index (κ2) is 4.56. The van der Waals surface area contributed by atoms with Crippen molar-refractivity contribution < 1.29 is 19.4 Å². The molecule has 0 saturated heterocycles. The Hall–Kier alpha value is -1.88. The summed E-state index contributed by atoms with van der Waals surface area (Å²) >= 11 is 0. The van der Waals surface area contributed by atoms with Crippen molar-refractivity contribution in [3.05, 3.63) is 35.4 Å². The molecule has 5 nitrogen and oxygen atoms in total. The zero-order chi connectivity index (χ0) is 11.4. The van der Waals surface area contributed by atoms with Crippen molar-refractivity contribution >= 4 is 11.9 Å². The second-order valence-electron chi connectivity index (χ2n) is 2.93. The number of benzene rings is 1. The summed E-state index contributed by atoms with van der Waals surface area (Å²) in [5, 5.41) is 8.64. The zero-order valence-electron chi connectivity index (χ0n) is 8.14. The molecule has 0 aliphatic rings. The van der Waals surface area contributed by atoms with Gasteiger partial charge in [0.2, 0.25) is 0 Å². The van der Waals surface area contributed by atoms with Crippen molar-refractivity contribution in [2.75, 3.05) is 7.11 Å². The summed E-state index contributed by atoms with van der Waals surface area (Å²) < 4.78 is 4.50. The van der Waals surface area contributed by atoms with E-state index in [1.54, 1.807) is 0 Å². The molecule has 1 aromatic carbocycles. The zero-order valence-corrected chi connectivity index (χ0v) is 8.14. The van der Waals surface area contributed by atoms with Gasteiger partial charge in [-0.05, 0) is 17.7 Å². The molecule has 3 N–H and O–H groups in total. The first-order valence-corrected chi connectivity index (χ1v) is 4.23. The summed E-state index contributed by atoms with van der Waals surface area (Å²) in [6.07, 6.45) is 0. The highest BCUT2D eigenvalue weighted by Gasteiger charge is 2.14. The third-order valence-corrected chi connectivity index (χ3v) is 1.96. The van der Waals surface area contributed by atoms with E-state index in [0.717, 1.165) is 0 Å². The Morgan fingerprint density at radius 2 is 1.87 bits per heavy atom. The number of rotatable bonds is 3. The monoisotopic (exact) mass is 209 g/mol. The van der Waals surface area contributed by atoms with E-state index in [0.29, 0.717) is 11.1 Å². The summed E-state index contributed by atoms with van der Waals surface area (Å²) in [7, 11) is 1.28. The Balaban J connectivity index is 2.90. The van der Waals surface area contributed by atoms with E-state index < -0.39 is 18.0 Å². The van der Waals surface area contributed by atoms with Gasteiger partial charge < -0.3 is 15.6 Å². The first kappa shape index (κ1) is 11.2. The molecule has 1 atom stereocenters. The van der Waals surface area contributed by atoms with Gasteiger partial charge in [0.15, 0.2) is 0 Å². The Morgan fingerprint density at radius 1 is 1.33 bits per heavy atom. The number of methoxy groups -OCH3 is 1. The smallest absolute Gasteiger partial charge is 0.337 e. The predicted molar refractivity (Wildman–Crippen MR) is 52.3 cm³/mol. The van der Waals surface area contributed by atoms with E-state index in [9.17, 15) is 9.59 Å². The van der Waals surface area contributed by atoms with Gasteiger partial charge in [-0.2, -0.15) is 0 Å². The van der Waals surface area contributed by atoms with Crippen LogP contribution in [0.25, 0.3) is 0 Å². The van der Waals surface area contributed by atoms with Crippen LogP contribution < -0.4 is 5.73 Å². The lowest BCUT2D eigenvalue weighted by Gasteiger charge is -2.06. The van der Waals surface area contributed by atoms with Crippen LogP contribution in [-0.4, -0.2) is 24.2 Å². The summed E-state index contributed by atoms with van der Waals surface area (Å²) in [6, 6.07) is 4.86. The van der Waals surface area contributed by atoms with E-state index in [1.807, 2.05) is 0 Å². The van der Waals surface area contributed by atoms with Gasteiger partial charge in [-0.3, -0.25) is 4.79 Å². The van der Waals surface area contributed by atoms with E-state index in [1.165, 1.54) is 31.4 Å². The minimum Gasteiger partial charge on any atom is -0.480 e. The Bertz CT molecular complexity index is 372. The topological polar surface area (TPSA) is 89.6 Å². The van der Waals surface area contributed by atoms with Gasteiger partial charge in [0.1, 0.15) is 6.04 Å². The van der Waals surface area contributed by atoms with Crippen LogP contribution in [0.2, 0.25) is 0 Å². The van der Waals surface area contributed by atoms with E-state index in [-0.39, 0.29) is 0 Å². The molecule has 80 valence electrons. The van der Waals surface area contributed by atoms with Crippen molar-refractivity contribution in [2.45, 2.75) is 6.04 Å². The number of hydrogen-bond acceptors (Lipinski definition) is 4. The predicted octanol–water partition coefficient (Wildman–Crippen LogP) is 0.558. The molecule has 1 rings (SSSR count). The van der Waals surface area contributed by atoms with E-state index in [4.69, 9.17) is 10.8 Å². The first-order valence-electron chi connectivity index (χ1n) is 4.23. The summed E-state index contributed by atoms with van der Waals surface area (Å²) in [5.74, 6) is -1.58. The van der Waals surface area contributed by atoms with Crippen LogP contribution in [0.1, 0.15) is 22.0 Å². The van der Waals surface area contributed by atoms with Crippen LogP contribution in [-0.2, 0) is 9.53 Å². The maximum atomic E-state index is 11.1. The normalized spacial score (nSPS) is 11.9. The van der Waals surface area contributed by atoms with Gasteiger partial charge in [0, 0.05) is 0 Å². The second-order valence-corrected chi connectivity index (χ2v) is 2.93. The lowest BCUT2D eigenvalue weighted by Crippen LogP contribution is -2.20. The largest absolute Gasteiger partial charge is 0.480 e. The fraction of sp³-hybridized carbons (Fsp3) is 0.200. The number of ether oxygens (including phenoxy) is 1. The molecular formula is C10H11NO4. The summed E-state index contributed by atoms with van der Waals surface area (Å²) in [4.78, 5) is 21.6. The maximum Gasteiger partial charge on any atom is 0.337 e. The van der Waals surface area contributed by atoms with Gasteiger partial charge >= 0.3 is 11.9 Å². The molecule has 0 aliphatic carbocycles. The van der Waals surface area contributed by atoms with Crippen LogP contribution >= 0.6 is 0 Å². The van der Waals surface area contributed by atoms with E-state index in [2.05, 4.69) is 4.74 Å². The molecular weight excluding hydrogens is 198 g/mol. The molecule has 0 aliphatic heterocycles. The molecule has 0 amide bonds. The number of carbonyl (C=O) groups is 2. The highest BCUT2D eigenvalue weighted by Crippen LogP contribution is 2.12. The third-order valence-electron chi connectivity index (χ3n) is 1.96. The summed E-state index contributed by atoms with van der Waals surface area (Å²) in [6.45, 7) is 0. The fourth-order valence-corrected chi connectivity index (χ4v) is 1.09. The van der Waals surface area contributed by atoms with Crippen LogP contribution in [0, 0.1) is 0 Å². The average Bonchev–Trinajstić information content (AvgIpc) is 2.27. The molecule has 0 radical (unpaired) electrons. The van der Waals surface area contributed by atoms with Crippen molar-refractivity contribution in [2.24, 2.45) is 5.73 Å². The van der Waals surface area contributed by atoms with E-state index >= 15 is 0 Å². The van der Waals surface area contributed by atoms with Crippen LogP contribution in [0.5, 0.6) is 0 Å². The quantitative estimate of drug-likeness (QED) is 0.710. The maximum absolute atomic E-state index is 11.1. The Morgan fingerprint density at radius 3 is 2.27 bits per heavy atom. The van der Waals surface area contributed by atoms with Crippen LogP contribution in [0.3, 0.4) is 0 Å². The first-order chi connectivity index (χ1) is 7.06. The molecule has 15 heavy (non-hydrogen) atoms. The van der Waals surface area contributed by atoms with Gasteiger partial charge in [-0.25, -0.2) is 4.79 Å². The van der Waals surface area contributed by atoms with Gasteiger partial charge in [-0.1, -0.05) is 12.1 Å². The number of carboxylic acids is 1. The molecule has 0 aromatic heterocycles. The molecule has 0 fully saturated rings. The van der Waals surface area contributed by atoms with Gasteiger partial charge in [-0.15, -0.1) is 0 Å². The van der Waals surface area contributed by atoms with Gasteiger partial charge in [0.05, 0.1) is 12.7 Å². The summed E-state index contributed by atoms with van der Waals surface area (Å²) in [5.41, 5.74) is 6.18. The molecule has 0 saturated carbocycles. The number of esters is 1. The molecule has 1 unspecified atom stereocenters. The molecule has 5 heteroatoms. The standard InChI is InChI=1S/C10H11NO4/c1-15-10(14)7-4-2-6(3-5-7)8(11)9(12)13/h2-5,8H,11H2,1H3,(H,12,13). The average molecular weight is 209 g/mol. The lowest BCUT2D eigenvalue weighted by atomic mass is 10.1. The van der Waals surface area contributed by atoms with Crippen LogP contribution in [0.4, 0.5) is 0 Å². The van der Waals surface area contributed by atoms with Crippen molar-refractivity contribution in [3.63, 3.8) is 0 Å². The molecule has 0 heterocycles. The Labute approximate surface area is 86.5 Å².